The van der Waals surface area contributed by atoms with Gasteiger partial charge in [0.05, 0.1) is 11.3 Å². The summed E-state index contributed by atoms with van der Waals surface area (Å²) in [7, 11) is 0. The van der Waals surface area contributed by atoms with Crippen LogP contribution >= 0.6 is 0 Å². The van der Waals surface area contributed by atoms with E-state index in [1.165, 1.54) is 12.3 Å². The topological polar surface area (TPSA) is 38.9 Å². The van der Waals surface area contributed by atoms with Gasteiger partial charge in [0.15, 0.2) is 0 Å². The zero-order valence-corrected chi connectivity index (χ0v) is 7.25. The molecular formula is C9H9F3N2. The summed E-state index contributed by atoms with van der Waals surface area (Å²) in [6.45, 7) is 0. The Hall–Kier alpha value is -1.10. The van der Waals surface area contributed by atoms with E-state index in [9.17, 15) is 13.2 Å². The normalized spacial score (nSPS) is 26.3. The quantitative estimate of drug-likeness (QED) is 0.755. The molecule has 0 radical (unpaired) electrons. The Bertz CT molecular complexity index is 348. The highest BCUT2D eigenvalue weighted by molar-refractivity contribution is 5.31. The smallest absolute Gasteiger partial charge is 0.327 e. The van der Waals surface area contributed by atoms with Crippen LogP contribution in [0.15, 0.2) is 18.3 Å². The molecule has 2 nitrogen and oxygen atoms in total. The molecule has 0 amide bonds. The van der Waals surface area contributed by atoms with Crippen LogP contribution in [0.2, 0.25) is 0 Å². The van der Waals surface area contributed by atoms with E-state index in [0.29, 0.717) is 6.42 Å². The summed E-state index contributed by atoms with van der Waals surface area (Å²) in [5, 5.41) is 0. The van der Waals surface area contributed by atoms with E-state index in [0.717, 1.165) is 6.07 Å². The summed E-state index contributed by atoms with van der Waals surface area (Å²) >= 11 is 0. The third-order valence-corrected chi connectivity index (χ3v) is 2.33. The predicted octanol–water partition coefficient (Wildman–Crippen LogP) is 1.92. The second-order valence-corrected chi connectivity index (χ2v) is 3.44. The number of pyridine rings is 1. The van der Waals surface area contributed by atoms with Crippen molar-refractivity contribution in [2.24, 2.45) is 5.73 Å². The number of alkyl halides is 3. The molecule has 76 valence electrons. The van der Waals surface area contributed by atoms with E-state index in [2.05, 4.69) is 4.98 Å². The molecule has 0 bridgehead atoms. The SMILES string of the molecule is N[C@@H]1C[C@H]1c1ncccc1C(F)(F)F. The van der Waals surface area contributed by atoms with Crippen LogP contribution in [0.5, 0.6) is 0 Å². The van der Waals surface area contributed by atoms with Gasteiger partial charge in [-0.1, -0.05) is 0 Å². The van der Waals surface area contributed by atoms with Gasteiger partial charge < -0.3 is 5.73 Å². The van der Waals surface area contributed by atoms with Gasteiger partial charge in [-0.3, -0.25) is 4.98 Å². The van der Waals surface area contributed by atoms with Crippen LogP contribution in [0.25, 0.3) is 0 Å². The molecule has 0 aromatic carbocycles. The van der Waals surface area contributed by atoms with Crippen LogP contribution in [0.3, 0.4) is 0 Å². The maximum Gasteiger partial charge on any atom is 0.418 e. The van der Waals surface area contributed by atoms with Gasteiger partial charge in [-0.15, -0.1) is 0 Å². The van der Waals surface area contributed by atoms with E-state index in [-0.39, 0.29) is 17.7 Å². The zero-order valence-electron chi connectivity index (χ0n) is 7.25. The first-order valence-corrected chi connectivity index (χ1v) is 4.28. The average Bonchev–Trinajstić information content (AvgIpc) is 2.81. The molecule has 0 spiro atoms. The lowest BCUT2D eigenvalue weighted by molar-refractivity contribution is -0.138. The van der Waals surface area contributed by atoms with Crippen LogP contribution in [-0.2, 0) is 6.18 Å². The number of hydrogen-bond donors (Lipinski definition) is 1. The molecule has 2 rings (SSSR count). The minimum Gasteiger partial charge on any atom is -0.327 e. The number of nitrogens with zero attached hydrogens (tertiary/aromatic N) is 1. The van der Waals surface area contributed by atoms with Crippen molar-refractivity contribution >= 4 is 0 Å². The highest BCUT2D eigenvalue weighted by Crippen LogP contribution is 2.43. The van der Waals surface area contributed by atoms with Gasteiger partial charge in [0.25, 0.3) is 0 Å². The largest absolute Gasteiger partial charge is 0.418 e. The van der Waals surface area contributed by atoms with Crippen molar-refractivity contribution in [1.82, 2.24) is 4.98 Å². The number of hydrogen-bond acceptors (Lipinski definition) is 2. The van der Waals surface area contributed by atoms with Gasteiger partial charge in [0, 0.05) is 18.2 Å². The van der Waals surface area contributed by atoms with Crippen LogP contribution < -0.4 is 5.73 Å². The summed E-state index contributed by atoms with van der Waals surface area (Å²) in [6, 6.07) is 2.18. The standard InChI is InChI=1S/C9H9F3N2/c10-9(11,12)6-2-1-3-14-8(6)5-4-7(5)13/h1-3,5,7H,4,13H2/t5-,7-/m1/s1. The molecule has 2 atom stereocenters. The summed E-state index contributed by atoms with van der Waals surface area (Å²) in [5.41, 5.74) is 4.94. The second kappa shape index (κ2) is 2.95. The molecule has 1 saturated carbocycles. The molecular weight excluding hydrogens is 193 g/mol. The Morgan fingerprint density at radius 2 is 2.07 bits per heavy atom. The lowest BCUT2D eigenvalue weighted by Gasteiger charge is -2.10. The molecule has 5 heteroatoms. The molecule has 1 aromatic rings. The Morgan fingerprint density at radius 3 is 2.57 bits per heavy atom. The van der Waals surface area contributed by atoms with Crippen molar-refractivity contribution < 1.29 is 13.2 Å². The van der Waals surface area contributed by atoms with Crippen LogP contribution in [0.4, 0.5) is 13.2 Å². The van der Waals surface area contributed by atoms with Crippen LogP contribution in [0, 0.1) is 0 Å². The lowest BCUT2D eigenvalue weighted by Crippen LogP contribution is -2.12. The number of rotatable bonds is 1. The minimum absolute atomic E-state index is 0.0903. The van der Waals surface area contributed by atoms with Gasteiger partial charge in [0.2, 0.25) is 0 Å². The van der Waals surface area contributed by atoms with Gasteiger partial charge in [-0.05, 0) is 18.6 Å². The lowest BCUT2D eigenvalue weighted by atomic mass is 10.1. The molecule has 1 heterocycles. The Morgan fingerprint density at radius 1 is 1.43 bits per heavy atom. The average molecular weight is 202 g/mol. The van der Waals surface area contributed by atoms with Crippen molar-refractivity contribution in [3.05, 3.63) is 29.6 Å². The van der Waals surface area contributed by atoms with E-state index in [4.69, 9.17) is 5.73 Å². The molecule has 1 aliphatic rings. The number of nitrogens with two attached hydrogens (primary N) is 1. The first kappa shape index (κ1) is 9.45. The van der Waals surface area contributed by atoms with Gasteiger partial charge in [0.1, 0.15) is 0 Å². The molecule has 1 aromatic heterocycles. The summed E-state index contributed by atoms with van der Waals surface area (Å²) in [4.78, 5) is 3.76. The first-order chi connectivity index (χ1) is 6.50. The van der Waals surface area contributed by atoms with E-state index >= 15 is 0 Å². The van der Waals surface area contributed by atoms with Gasteiger partial charge >= 0.3 is 6.18 Å². The van der Waals surface area contributed by atoms with Crippen LogP contribution in [0.1, 0.15) is 23.6 Å². The Kier molecular flexibility index (Phi) is 1.99. The minimum atomic E-state index is -4.33. The fourth-order valence-corrected chi connectivity index (χ4v) is 1.48. The Labute approximate surface area is 78.9 Å². The number of halogens is 3. The molecule has 2 N–H and O–H groups in total. The van der Waals surface area contributed by atoms with E-state index in [1.54, 1.807) is 0 Å². The maximum absolute atomic E-state index is 12.5. The molecule has 1 fully saturated rings. The van der Waals surface area contributed by atoms with Gasteiger partial charge in [-0.25, -0.2) is 0 Å². The number of aromatic nitrogens is 1. The third-order valence-electron chi connectivity index (χ3n) is 2.33. The van der Waals surface area contributed by atoms with Crippen molar-refractivity contribution in [3.8, 4) is 0 Å². The summed E-state index contributed by atoms with van der Waals surface area (Å²) < 4.78 is 37.4. The van der Waals surface area contributed by atoms with E-state index in [1.807, 2.05) is 0 Å². The molecule has 0 saturated heterocycles. The van der Waals surface area contributed by atoms with Gasteiger partial charge in [-0.2, -0.15) is 13.2 Å². The Balaban J connectivity index is 2.39. The fourth-order valence-electron chi connectivity index (χ4n) is 1.48. The zero-order chi connectivity index (χ0) is 10.3. The van der Waals surface area contributed by atoms with Crippen molar-refractivity contribution in [2.45, 2.75) is 24.6 Å². The summed E-state index contributed by atoms with van der Waals surface area (Å²) in [5.74, 6) is -0.215. The van der Waals surface area contributed by atoms with Crippen molar-refractivity contribution in [1.29, 1.82) is 0 Å². The first-order valence-electron chi connectivity index (χ1n) is 4.28. The fraction of sp³-hybridized carbons (Fsp3) is 0.444. The highest BCUT2D eigenvalue weighted by atomic mass is 19.4. The predicted molar refractivity (Wildman–Crippen MR) is 44.6 cm³/mol. The van der Waals surface area contributed by atoms with Crippen molar-refractivity contribution in [3.63, 3.8) is 0 Å². The van der Waals surface area contributed by atoms with Crippen molar-refractivity contribution in [2.75, 3.05) is 0 Å². The highest BCUT2D eigenvalue weighted by Gasteiger charge is 2.43. The van der Waals surface area contributed by atoms with Crippen LogP contribution in [-0.4, -0.2) is 11.0 Å². The maximum atomic E-state index is 12.5. The molecule has 0 aliphatic heterocycles. The second-order valence-electron chi connectivity index (χ2n) is 3.44. The third kappa shape index (κ3) is 1.59. The molecule has 14 heavy (non-hydrogen) atoms. The summed E-state index contributed by atoms with van der Waals surface area (Å²) in [6.07, 6.45) is -2.36. The van der Waals surface area contributed by atoms with E-state index < -0.39 is 11.7 Å². The molecule has 1 aliphatic carbocycles. The molecule has 0 unspecified atom stereocenters. The monoisotopic (exact) mass is 202 g/mol.